The standard InChI is InChI=1S/C13H10BrClN2O/c1-8(14)7-16-13(18)10-6-12(15)17-11-5-3-2-4-9(10)11/h2-6H,1,7H2,(H,16,18). The van der Waals surface area contributed by atoms with Gasteiger partial charge in [0.25, 0.3) is 5.91 Å². The first kappa shape index (κ1) is 13.1. The van der Waals surface area contributed by atoms with Crippen molar-refractivity contribution in [2.24, 2.45) is 0 Å². The molecule has 0 saturated carbocycles. The van der Waals surface area contributed by atoms with E-state index < -0.39 is 0 Å². The molecule has 92 valence electrons. The predicted molar refractivity (Wildman–Crippen MR) is 77.2 cm³/mol. The van der Waals surface area contributed by atoms with Crippen LogP contribution in [0.25, 0.3) is 10.9 Å². The van der Waals surface area contributed by atoms with Crippen LogP contribution < -0.4 is 5.32 Å². The highest BCUT2D eigenvalue weighted by molar-refractivity contribution is 9.11. The lowest BCUT2D eigenvalue weighted by molar-refractivity contribution is 0.0959. The molecule has 0 bridgehead atoms. The molecule has 18 heavy (non-hydrogen) atoms. The zero-order valence-corrected chi connectivity index (χ0v) is 11.8. The lowest BCUT2D eigenvalue weighted by Gasteiger charge is -2.07. The quantitative estimate of drug-likeness (QED) is 0.877. The summed E-state index contributed by atoms with van der Waals surface area (Å²) in [4.78, 5) is 16.2. The summed E-state index contributed by atoms with van der Waals surface area (Å²) in [5.41, 5.74) is 1.21. The van der Waals surface area contributed by atoms with Crippen LogP contribution in [-0.2, 0) is 0 Å². The van der Waals surface area contributed by atoms with Crippen LogP contribution in [0, 0.1) is 0 Å². The number of fused-ring (bicyclic) bond motifs is 1. The molecule has 3 nitrogen and oxygen atoms in total. The van der Waals surface area contributed by atoms with Gasteiger partial charge in [0, 0.05) is 16.4 Å². The molecule has 0 radical (unpaired) electrons. The molecule has 1 aromatic carbocycles. The van der Waals surface area contributed by atoms with Gasteiger partial charge in [0.15, 0.2) is 0 Å². The fourth-order valence-electron chi connectivity index (χ4n) is 1.60. The number of carbonyl (C=O) groups is 1. The molecule has 2 rings (SSSR count). The monoisotopic (exact) mass is 324 g/mol. The van der Waals surface area contributed by atoms with E-state index in [9.17, 15) is 4.79 Å². The number of carbonyl (C=O) groups excluding carboxylic acids is 1. The number of halogens is 2. The van der Waals surface area contributed by atoms with Gasteiger partial charge in [-0.2, -0.15) is 0 Å². The van der Waals surface area contributed by atoms with Crippen molar-refractivity contribution in [3.63, 3.8) is 0 Å². The molecular weight excluding hydrogens is 316 g/mol. The zero-order valence-electron chi connectivity index (χ0n) is 9.41. The third kappa shape index (κ3) is 2.89. The largest absolute Gasteiger partial charge is 0.347 e. The number of nitrogens with one attached hydrogen (secondary N) is 1. The van der Waals surface area contributed by atoms with Gasteiger partial charge < -0.3 is 5.32 Å². The van der Waals surface area contributed by atoms with Gasteiger partial charge >= 0.3 is 0 Å². The van der Waals surface area contributed by atoms with Crippen molar-refractivity contribution in [1.29, 1.82) is 0 Å². The summed E-state index contributed by atoms with van der Waals surface area (Å²) in [7, 11) is 0. The number of rotatable bonds is 3. The SMILES string of the molecule is C=C(Br)CNC(=O)c1cc(Cl)nc2ccccc12. The van der Waals surface area contributed by atoms with Gasteiger partial charge in [-0.3, -0.25) is 4.79 Å². The Morgan fingerprint density at radius 2 is 2.17 bits per heavy atom. The van der Waals surface area contributed by atoms with Crippen molar-refractivity contribution >= 4 is 44.3 Å². The first-order valence-electron chi connectivity index (χ1n) is 5.24. The summed E-state index contributed by atoms with van der Waals surface area (Å²) in [6.07, 6.45) is 0. The van der Waals surface area contributed by atoms with Gasteiger partial charge in [-0.05, 0) is 12.1 Å². The van der Waals surface area contributed by atoms with E-state index in [-0.39, 0.29) is 5.91 Å². The molecule has 1 aromatic heterocycles. The van der Waals surface area contributed by atoms with Crippen LogP contribution in [0.2, 0.25) is 5.15 Å². The van der Waals surface area contributed by atoms with Crippen LogP contribution in [0.15, 0.2) is 41.4 Å². The van der Waals surface area contributed by atoms with E-state index >= 15 is 0 Å². The Morgan fingerprint density at radius 1 is 1.44 bits per heavy atom. The summed E-state index contributed by atoms with van der Waals surface area (Å²) >= 11 is 9.10. The van der Waals surface area contributed by atoms with Gasteiger partial charge in [0.05, 0.1) is 11.1 Å². The van der Waals surface area contributed by atoms with Crippen molar-refractivity contribution in [2.45, 2.75) is 0 Å². The van der Waals surface area contributed by atoms with Crippen molar-refractivity contribution < 1.29 is 4.79 Å². The molecule has 0 aliphatic carbocycles. The van der Waals surface area contributed by atoms with E-state index in [1.54, 1.807) is 6.07 Å². The third-order valence-corrected chi connectivity index (χ3v) is 2.84. The molecule has 1 heterocycles. The minimum absolute atomic E-state index is 0.198. The van der Waals surface area contributed by atoms with Crippen LogP contribution in [0.1, 0.15) is 10.4 Å². The van der Waals surface area contributed by atoms with Crippen molar-refractivity contribution in [2.75, 3.05) is 6.54 Å². The van der Waals surface area contributed by atoms with Crippen LogP contribution in [0.5, 0.6) is 0 Å². The van der Waals surface area contributed by atoms with E-state index in [2.05, 4.69) is 32.8 Å². The number of hydrogen-bond donors (Lipinski definition) is 1. The van der Waals surface area contributed by atoms with Gasteiger partial charge in [-0.15, -0.1) is 0 Å². The molecule has 2 aromatic rings. The highest BCUT2D eigenvalue weighted by atomic mass is 79.9. The van der Waals surface area contributed by atoms with Crippen LogP contribution in [0.4, 0.5) is 0 Å². The normalized spacial score (nSPS) is 10.3. The first-order chi connectivity index (χ1) is 8.58. The lowest BCUT2D eigenvalue weighted by atomic mass is 10.1. The van der Waals surface area contributed by atoms with E-state index in [0.717, 1.165) is 5.39 Å². The molecule has 0 fully saturated rings. The summed E-state index contributed by atoms with van der Waals surface area (Å²) in [5, 5.41) is 3.83. The van der Waals surface area contributed by atoms with Gasteiger partial charge in [0.1, 0.15) is 5.15 Å². The molecule has 0 aliphatic rings. The molecule has 1 N–H and O–H groups in total. The Morgan fingerprint density at radius 3 is 2.89 bits per heavy atom. The highest BCUT2D eigenvalue weighted by Gasteiger charge is 2.11. The maximum absolute atomic E-state index is 12.1. The van der Waals surface area contributed by atoms with Crippen molar-refractivity contribution in [3.05, 3.63) is 52.1 Å². The molecule has 5 heteroatoms. The van der Waals surface area contributed by atoms with Crippen LogP contribution in [-0.4, -0.2) is 17.4 Å². The molecule has 0 aliphatic heterocycles. The van der Waals surface area contributed by atoms with Crippen molar-refractivity contribution in [3.8, 4) is 0 Å². The smallest absolute Gasteiger partial charge is 0.252 e. The number of para-hydroxylation sites is 1. The van der Waals surface area contributed by atoms with E-state index in [0.29, 0.717) is 27.3 Å². The van der Waals surface area contributed by atoms with E-state index in [1.807, 2.05) is 24.3 Å². The number of hydrogen-bond acceptors (Lipinski definition) is 2. The Hall–Kier alpha value is -1.39. The Labute approximate surface area is 118 Å². The molecule has 1 amide bonds. The molecule has 0 saturated heterocycles. The van der Waals surface area contributed by atoms with Gasteiger partial charge in [0.2, 0.25) is 0 Å². The topological polar surface area (TPSA) is 42.0 Å². The number of aromatic nitrogens is 1. The van der Waals surface area contributed by atoms with Gasteiger partial charge in [-0.25, -0.2) is 4.98 Å². The summed E-state index contributed by atoms with van der Waals surface area (Å²) in [6.45, 7) is 4.03. The predicted octanol–water partition coefficient (Wildman–Crippen LogP) is 3.53. The van der Waals surface area contributed by atoms with E-state index in [4.69, 9.17) is 11.6 Å². The van der Waals surface area contributed by atoms with Crippen LogP contribution >= 0.6 is 27.5 Å². The number of nitrogens with zero attached hydrogens (tertiary/aromatic N) is 1. The second-order valence-corrected chi connectivity index (χ2v) is 5.22. The Balaban J connectivity index is 2.43. The minimum Gasteiger partial charge on any atom is -0.347 e. The number of pyridine rings is 1. The number of benzene rings is 1. The Bertz CT molecular complexity index is 627. The summed E-state index contributed by atoms with van der Waals surface area (Å²) < 4.78 is 0.709. The second kappa shape index (κ2) is 5.50. The molecule has 0 atom stereocenters. The second-order valence-electron chi connectivity index (χ2n) is 3.71. The fraction of sp³-hybridized carbons (Fsp3) is 0.0769. The molecular formula is C13H10BrClN2O. The van der Waals surface area contributed by atoms with E-state index in [1.165, 1.54) is 0 Å². The summed E-state index contributed by atoms with van der Waals surface area (Å²) in [5.74, 6) is -0.198. The third-order valence-electron chi connectivity index (χ3n) is 2.37. The molecule has 0 unspecified atom stereocenters. The maximum atomic E-state index is 12.1. The van der Waals surface area contributed by atoms with Gasteiger partial charge in [-0.1, -0.05) is 52.3 Å². The summed E-state index contributed by atoms with van der Waals surface area (Å²) in [6, 6.07) is 8.94. The average molecular weight is 326 g/mol. The fourth-order valence-corrected chi connectivity index (χ4v) is 1.94. The maximum Gasteiger partial charge on any atom is 0.252 e. The van der Waals surface area contributed by atoms with Crippen LogP contribution in [0.3, 0.4) is 0 Å². The zero-order chi connectivity index (χ0) is 13.1. The van der Waals surface area contributed by atoms with Crippen molar-refractivity contribution in [1.82, 2.24) is 10.3 Å². The number of amides is 1. The molecule has 0 spiro atoms. The average Bonchev–Trinajstić information content (AvgIpc) is 2.34. The highest BCUT2D eigenvalue weighted by Crippen LogP contribution is 2.20. The Kier molecular flexibility index (Phi) is 3.99. The lowest BCUT2D eigenvalue weighted by Crippen LogP contribution is -2.24. The minimum atomic E-state index is -0.198. The first-order valence-corrected chi connectivity index (χ1v) is 6.42.